The van der Waals surface area contributed by atoms with Crippen LogP contribution in [0, 0.1) is 12.3 Å². The Bertz CT molecular complexity index is 445. The Labute approximate surface area is 94.0 Å². The lowest BCUT2D eigenvalue weighted by Gasteiger charge is -2.34. The number of aryl methyl sites for hydroxylation is 1. The SMILES string of the molecule is Cc1cc(C2C(=O)CC(=O)CC2(C)C)on1. The highest BCUT2D eigenvalue weighted by molar-refractivity contribution is 6.05. The normalized spacial score (nSPS) is 24.8. The first kappa shape index (κ1) is 11.0. The summed E-state index contributed by atoms with van der Waals surface area (Å²) in [5.41, 5.74) is 0.383. The van der Waals surface area contributed by atoms with E-state index in [2.05, 4.69) is 5.16 Å². The van der Waals surface area contributed by atoms with E-state index in [0.29, 0.717) is 12.2 Å². The molecule has 1 unspecified atom stereocenters. The number of carbonyl (C=O) groups is 2. The Balaban J connectivity index is 2.38. The topological polar surface area (TPSA) is 60.2 Å². The van der Waals surface area contributed by atoms with Crippen LogP contribution in [0.15, 0.2) is 10.6 Å². The Hall–Kier alpha value is -1.45. The fourth-order valence-electron chi connectivity index (χ4n) is 2.47. The number of hydrogen-bond donors (Lipinski definition) is 0. The molecule has 16 heavy (non-hydrogen) atoms. The van der Waals surface area contributed by atoms with Crippen molar-refractivity contribution in [3.05, 3.63) is 17.5 Å². The van der Waals surface area contributed by atoms with Crippen LogP contribution in [0.25, 0.3) is 0 Å². The van der Waals surface area contributed by atoms with Crippen LogP contribution in [-0.2, 0) is 9.59 Å². The van der Waals surface area contributed by atoms with E-state index in [1.807, 2.05) is 20.8 Å². The molecule has 86 valence electrons. The van der Waals surface area contributed by atoms with Gasteiger partial charge in [-0.3, -0.25) is 9.59 Å². The van der Waals surface area contributed by atoms with Gasteiger partial charge in [0.05, 0.1) is 18.0 Å². The number of carbonyl (C=O) groups excluding carboxylic acids is 2. The van der Waals surface area contributed by atoms with E-state index in [9.17, 15) is 9.59 Å². The van der Waals surface area contributed by atoms with Crippen molar-refractivity contribution in [2.45, 2.75) is 39.5 Å². The second kappa shape index (κ2) is 3.54. The van der Waals surface area contributed by atoms with Gasteiger partial charge in [-0.1, -0.05) is 19.0 Å². The van der Waals surface area contributed by atoms with Gasteiger partial charge in [0.1, 0.15) is 11.5 Å². The van der Waals surface area contributed by atoms with Crippen molar-refractivity contribution >= 4 is 11.6 Å². The molecule has 0 bridgehead atoms. The van der Waals surface area contributed by atoms with E-state index in [0.717, 1.165) is 5.69 Å². The van der Waals surface area contributed by atoms with Crippen LogP contribution in [0.2, 0.25) is 0 Å². The van der Waals surface area contributed by atoms with Gasteiger partial charge in [0.25, 0.3) is 0 Å². The highest BCUT2D eigenvalue weighted by atomic mass is 16.5. The molecule has 0 N–H and O–H groups in total. The van der Waals surface area contributed by atoms with Gasteiger partial charge >= 0.3 is 0 Å². The highest BCUT2D eigenvalue weighted by Crippen LogP contribution is 2.43. The van der Waals surface area contributed by atoms with E-state index in [-0.39, 0.29) is 29.3 Å². The summed E-state index contributed by atoms with van der Waals surface area (Å²) in [5, 5.41) is 3.80. The van der Waals surface area contributed by atoms with Crippen molar-refractivity contribution in [3.63, 3.8) is 0 Å². The molecule has 1 aromatic rings. The number of ketones is 2. The fourth-order valence-corrected chi connectivity index (χ4v) is 2.47. The molecule has 0 saturated heterocycles. The van der Waals surface area contributed by atoms with Crippen molar-refractivity contribution in [2.24, 2.45) is 5.41 Å². The zero-order valence-electron chi connectivity index (χ0n) is 9.74. The van der Waals surface area contributed by atoms with E-state index in [1.165, 1.54) is 0 Å². The molecule has 1 heterocycles. The van der Waals surface area contributed by atoms with Gasteiger partial charge in [0.2, 0.25) is 0 Å². The molecule has 4 nitrogen and oxygen atoms in total. The molecule has 1 saturated carbocycles. The van der Waals surface area contributed by atoms with E-state index < -0.39 is 0 Å². The van der Waals surface area contributed by atoms with Gasteiger partial charge in [-0.2, -0.15) is 0 Å². The molecular weight excluding hydrogens is 206 g/mol. The first-order valence-corrected chi connectivity index (χ1v) is 5.38. The predicted octanol–water partition coefficient (Wildman–Crippen LogP) is 2.02. The van der Waals surface area contributed by atoms with Crippen molar-refractivity contribution in [1.29, 1.82) is 0 Å². The minimum Gasteiger partial charge on any atom is -0.360 e. The van der Waals surface area contributed by atoms with Crippen molar-refractivity contribution in [3.8, 4) is 0 Å². The van der Waals surface area contributed by atoms with Gasteiger partial charge in [-0.05, 0) is 12.3 Å². The Morgan fingerprint density at radius 3 is 2.62 bits per heavy atom. The van der Waals surface area contributed by atoms with Gasteiger partial charge in [0.15, 0.2) is 5.78 Å². The summed E-state index contributed by atoms with van der Waals surface area (Å²) in [6.07, 6.45) is 0.441. The second-order valence-electron chi connectivity index (χ2n) is 5.15. The van der Waals surface area contributed by atoms with Gasteiger partial charge in [0, 0.05) is 12.5 Å². The molecule has 1 fully saturated rings. The molecule has 4 heteroatoms. The number of rotatable bonds is 1. The van der Waals surface area contributed by atoms with Crippen LogP contribution >= 0.6 is 0 Å². The molecule has 2 rings (SSSR count). The molecule has 0 aliphatic heterocycles. The first-order valence-electron chi connectivity index (χ1n) is 5.38. The maximum atomic E-state index is 11.9. The number of nitrogens with zero attached hydrogens (tertiary/aromatic N) is 1. The summed E-state index contributed by atoms with van der Waals surface area (Å²) in [7, 11) is 0. The third-order valence-corrected chi connectivity index (χ3v) is 3.06. The zero-order valence-corrected chi connectivity index (χ0v) is 9.74. The van der Waals surface area contributed by atoms with Crippen LogP contribution < -0.4 is 0 Å². The van der Waals surface area contributed by atoms with Crippen molar-refractivity contribution in [2.75, 3.05) is 0 Å². The average Bonchev–Trinajstić information content (AvgIpc) is 2.47. The maximum Gasteiger partial charge on any atom is 0.151 e. The quantitative estimate of drug-likeness (QED) is 0.681. The highest BCUT2D eigenvalue weighted by Gasteiger charge is 2.44. The van der Waals surface area contributed by atoms with Crippen molar-refractivity contribution < 1.29 is 14.1 Å². The molecule has 1 aromatic heterocycles. The second-order valence-corrected chi connectivity index (χ2v) is 5.15. The Morgan fingerprint density at radius 1 is 1.44 bits per heavy atom. The minimum atomic E-state index is -0.377. The lowest BCUT2D eigenvalue weighted by Crippen LogP contribution is -2.37. The average molecular weight is 221 g/mol. The smallest absolute Gasteiger partial charge is 0.151 e. The third-order valence-electron chi connectivity index (χ3n) is 3.06. The van der Waals surface area contributed by atoms with E-state index in [1.54, 1.807) is 6.07 Å². The van der Waals surface area contributed by atoms with Crippen LogP contribution in [0.5, 0.6) is 0 Å². The summed E-state index contributed by atoms with van der Waals surface area (Å²) in [6, 6.07) is 1.78. The molecular formula is C12H15NO3. The maximum absolute atomic E-state index is 11.9. The predicted molar refractivity (Wildman–Crippen MR) is 57.0 cm³/mol. The monoisotopic (exact) mass is 221 g/mol. The molecule has 0 aromatic carbocycles. The van der Waals surface area contributed by atoms with E-state index >= 15 is 0 Å². The molecule has 0 spiro atoms. The Kier molecular flexibility index (Phi) is 2.45. The van der Waals surface area contributed by atoms with Crippen molar-refractivity contribution in [1.82, 2.24) is 5.16 Å². The van der Waals surface area contributed by atoms with Crippen LogP contribution in [0.4, 0.5) is 0 Å². The molecule has 0 radical (unpaired) electrons. The number of hydrogen-bond acceptors (Lipinski definition) is 4. The lowest BCUT2D eigenvalue weighted by molar-refractivity contribution is -0.135. The largest absolute Gasteiger partial charge is 0.360 e. The Morgan fingerprint density at radius 2 is 2.12 bits per heavy atom. The summed E-state index contributed by atoms with van der Waals surface area (Å²) >= 11 is 0. The fraction of sp³-hybridized carbons (Fsp3) is 0.583. The summed E-state index contributed by atoms with van der Waals surface area (Å²) in [4.78, 5) is 23.3. The molecule has 1 atom stereocenters. The standard InChI is InChI=1S/C12H15NO3/c1-7-4-10(16-13-7)11-9(15)5-8(14)6-12(11,2)3/h4,11H,5-6H2,1-3H3. The number of aromatic nitrogens is 1. The summed E-state index contributed by atoms with van der Waals surface area (Å²) in [6.45, 7) is 5.66. The zero-order chi connectivity index (χ0) is 11.9. The lowest BCUT2D eigenvalue weighted by atomic mass is 9.67. The summed E-state index contributed by atoms with van der Waals surface area (Å²) in [5.74, 6) is 0.200. The number of Topliss-reactive ketones (excluding diaryl/α,β-unsaturated/α-hetero) is 2. The molecule has 1 aliphatic rings. The summed E-state index contributed by atoms with van der Waals surface area (Å²) < 4.78 is 5.16. The van der Waals surface area contributed by atoms with Gasteiger partial charge < -0.3 is 4.52 Å². The molecule has 0 amide bonds. The van der Waals surface area contributed by atoms with Crippen LogP contribution in [0.3, 0.4) is 0 Å². The van der Waals surface area contributed by atoms with Crippen LogP contribution in [-0.4, -0.2) is 16.7 Å². The third kappa shape index (κ3) is 1.79. The minimum absolute atomic E-state index is 0.0162. The van der Waals surface area contributed by atoms with Crippen LogP contribution in [0.1, 0.15) is 44.1 Å². The molecule has 1 aliphatic carbocycles. The first-order chi connectivity index (χ1) is 7.40. The van der Waals surface area contributed by atoms with E-state index in [4.69, 9.17) is 4.52 Å². The van der Waals surface area contributed by atoms with Gasteiger partial charge in [-0.25, -0.2) is 0 Å². The van der Waals surface area contributed by atoms with Gasteiger partial charge in [-0.15, -0.1) is 0 Å².